The molecular formula is C130H89B3N4O2. The zero-order valence-electron chi connectivity index (χ0n) is 77.0. The zero-order valence-corrected chi connectivity index (χ0v) is 77.0. The summed E-state index contributed by atoms with van der Waals surface area (Å²) in [6, 6.07) is 181. The first-order chi connectivity index (χ1) is 68.6. The van der Waals surface area contributed by atoms with Gasteiger partial charge in [-0.2, -0.15) is 0 Å². The van der Waals surface area contributed by atoms with Crippen molar-refractivity contribution in [2.45, 2.75) is 26.2 Å². The number of ether oxygens (including phenoxy) is 2. The molecule has 6 nitrogen and oxygen atoms in total. The molecule has 139 heavy (non-hydrogen) atoms. The molecule has 21 aromatic carbocycles. The normalized spacial score (nSPS) is 13.0. The molecule has 6 aliphatic heterocycles. The second-order valence-corrected chi connectivity index (χ2v) is 38.4. The van der Waals surface area contributed by atoms with Crippen LogP contribution in [0.3, 0.4) is 0 Å². The van der Waals surface area contributed by atoms with Gasteiger partial charge in [-0.05, 0) is 204 Å². The molecule has 9 heteroatoms. The molecule has 21 aromatic rings. The fraction of sp³-hybridized carbons (Fsp3) is 0.0308. The van der Waals surface area contributed by atoms with Gasteiger partial charge in [-0.3, -0.25) is 0 Å². The number of para-hydroxylation sites is 2. The molecule has 6 aliphatic rings. The van der Waals surface area contributed by atoms with Gasteiger partial charge in [-0.15, -0.1) is 0 Å². The molecule has 0 bridgehead atoms. The molecule has 0 amide bonds. The Morgan fingerprint density at radius 3 is 0.914 bits per heavy atom. The standard InChI is InChI=1S/C130H89B3N4O2/c1-130(2,3)100-80-114-121-115(81-100)137(127-105(93-53-30-12-31-54-93)61-36-62-106(127)94-55-32-13-33-56-94)117-83-120-125-129(123(117)132(121)109-73-67-98(88-45-22-8-23-46-88)78-113(109)136(114)126-103(91-49-26-10-27-50-91)59-35-60-104(126)92-51-28-11-29-52-92)139-118-79-99(89-47-24-9-25-48-89)68-74-110(118)133(125)124-119(138-120)82-116-122-128(124)135(102-58-34-57-95(75-102)85-39-16-5-17-40-85)112-77-97(87-43-20-7-21-44-87)66-72-108(112)131(122)107-71-65-96(86-41-18-6-19-42-86)76-111(107)134(116)101-69-63-90(64-70-101)84-37-14-4-15-38-84/h4-83H,1-3H3. The van der Waals surface area contributed by atoms with E-state index in [-0.39, 0.29) is 6.71 Å². The summed E-state index contributed by atoms with van der Waals surface area (Å²) in [6.07, 6.45) is 0. The molecule has 0 saturated carbocycles. The average Bonchev–Trinajstić information content (AvgIpc) is 0.666. The third-order valence-corrected chi connectivity index (χ3v) is 29.5. The highest BCUT2D eigenvalue weighted by molar-refractivity contribution is 7.05. The number of benzene rings is 21. The van der Waals surface area contributed by atoms with E-state index in [1.807, 2.05) is 0 Å². The van der Waals surface area contributed by atoms with Crippen molar-refractivity contribution in [3.8, 4) is 134 Å². The van der Waals surface area contributed by atoms with Crippen LogP contribution < -0.4 is 78.2 Å². The van der Waals surface area contributed by atoms with Crippen LogP contribution >= 0.6 is 0 Å². The fourth-order valence-corrected chi connectivity index (χ4v) is 23.1. The summed E-state index contributed by atoms with van der Waals surface area (Å²) in [5.41, 5.74) is 45.2. The predicted molar refractivity (Wildman–Crippen MR) is 585 cm³/mol. The Morgan fingerprint density at radius 2 is 0.489 bits per heavy atom. The Bertz CT molecular complexity index is 8350. The van der Waals surface area contributed by atoms with Crippen molar-refractivity contribution in [2.24, 2.45) is 0 Å². The summed E-state index contributed by atoms with van der Waals surface area (Å²) >= 11 is 0. The van der Waals surface area contributed by atoms with Crippen LogP contribution in [0.25, 0.3) is 111 Å². The number of fused-ring (bicyclic) bond motifs is 14. The molecule has 0 unspecified atom stereocenters. The first-order valence-electron chi connectivity index (χ1n) is 48.3. The smallest absolute Gasteiger partial charge is 0.263 e. The van der Waals surface area contributed by atoms with E-state index in [1.54, 1.807) is 0 Å². The van der Waals surface area contributed by atoms with E-state index in [2.05, 4.69) is 526 Å². The lowest BCUT2D eigenvalue weighted by atomic mass is 9.28. The molecule has 0 aliphatic carbocycles. The summed E-state index contributed by atoms with van der Waals surface area (Å²) in [7, 11) is 0. The SMILES string of the molecule is CC(C)(C)c1cc2c3c(c1)N(c1c(-c4ccccc4)cccc1-c1ccccc1)c1cc4c5c(c1B3c1ccc(-c3ccccc3)cc1N2c1c(-c2ccccc2)cccc1-c1ccccc1)Oc1cc(-c2ccccc2)ccc1B5c1c(cc2c3c1N(c1cccc(-c5ccccc5)c1)c1cc(-c5ccccc5)ccc1B3c1ccc(-c3ccccc3)cc1N2c1ccc(-c2ccccc2)cc1)O4. The third-order valence-electron chi connectivity index (χ3n) is 29.5. The van der Waals surface area contributed by atoms with Crippen LogP contribution in [0.4, 0.5) is 68.2 Å². The van der Waals surface area contributed by atoms with Gasteiger partial charge in [-0.25, -0.2) is 0 Å². The van der Waals surface area contributed by atoms with Gasteiger partial charge in [0.25, 0.3) is 20.1 Å². The Labute approximate surface area is 812 Å². The van der Waals surface area contributed by atoms with Crippen molar-refractivity contribution in [1.82, 2.24) is 0 Å². The summed E-state index contributed by atoms with van der Waals surface area (Å²) in [5.74, 6) is 2.97. The van der Waals surface area contributed by atoms with Crippen LogP contribution in [0.2, 0.25) is 0 Å². The number of hydrogen-bond acceptors (Lipinski definition) is 6. The number of hydrogen-bond donors (Lipinski definition) is 0. The topological polar surface area (TPSA) is 31.4 Å². The van der Waals surface area contributed by atoms with Crippen LogP contribution in [0.15, 0.2) is 485 Å². The summed E-state index contributed by atoms with van der Waals surface area (Å²) in [6.45, 7) is 5.75. The Morgan fingerprint density at radius 1 is 0.180 bits per heavy atom. The molecule has 0 fully saturated rings. The largest absolute Gasteiger partial charge is 0.459 e. The van der Waals surface area contributed by atoms with Crippen LogP contribution in [0.1, 0.15) is 26.3 Å². The minimum absolute atomic E-state index is 0.325. The molecule has 0 saturated heterocycles. The second kappa shape index (κ2) is 32.7. The third kappa shape index (κ3) is 13.3. The Balaban J connectivity index is 0.816. The van der Waals surface area contributed by atoms with Crippen LogP contribution in [-0.4, -0.2) is 20.1 Å². The minimum Gasteiger partial charge on any atom is -0.459 e. The van der Waals surface area contributed by atoms with Crippen LogP contribution in [0, 0.1) is 0 Å². The summed E-state index contributed by atoms with van der Waals surface area (Å²) in [5, 5.41) is 0. The predicted octanol–water partition coefficient (Wildman–Crippen LogP) is 28.5. The molecule has 0 spiro atoms. The highest BCUT2D eigenvalue weighted by Gasteiger charge is 2.55. The van der Waals surface area contributed by atoms with Gasteiger partial charge in [0.05, 0.1) is 11.4 Å². The molecule has 0 aromatic heterocycles. The van der Waals surface area contributed by atoms with Gasteiger partial charge in [0.2, 0.25) is 0 Å². The van der Waals surface area contributed by atoms with Gasteiger partial charge in [0, 0.05) is 96.7 Å². The number of nitrogens with zero attached hydrogens (tertiary/aromatic N) is 4. The van der Waals surface area contributed by atoms with Crippen LogP contribution in [-0.2, 0) is 5.41 Å². The van der Waals surface area contributed by atoms with Gasteiger partial charge >= 0.3 is 0 Å². The van der Waals surface area contributed by atoms with E-state index < -0.39 is 18.8 Å². The first kappa shape index (κ1) is 81.2. The second-order valence-electron chi connectivity index (χ2n) is 38.4. The van der Waals surface area contributed by atoms with Crippen molar-refractivity contribution < 1.29 is 9.47 Å². The molecule has 27 rings (SSSR count). The van der Waals surface area contributed by atoms with E-state index in [0.717, 1.165) is 230 Å². The van der Waals surface area contributed by atoms with Crippen LogP contribution in [0.5, 0.6) is 23.0 Å². The average molecular weight is 1770 g/mol. The van der Waals surface area contributed by atoms with Gasteiger partial charge < -0.3 is 29.1 Å². The zero-order chi connectivity index (χ0) is 92.1. The monoisotopic (exact) mass is 1770 g/mol. The summed E-state index contributed by atoms with van der Waals surface area (Å²) < 4.78 is 17.4. The molecule has 0 N–H and O–H groups in total. The van der Waals surface area contributed by atoms with Crippen molar-refractivity contribution in [3.63, 3.8) is 0 Å². The molecule has 0 atom stereocenters. The fourth-order valence-electron chi connectivity index (χ4n) is 23.1. The van der Waals surface area contributed by atoms with Gasteiger partial charge in [0.1, 0.15) is 23.0 Å². The number of anilines is 12. The Hall–Kier alpha value is -17.4. The highest BCUT2D eigenvalue weighted by atomic mass is 16.5. The van der Waals surface area contributed by atoms with E-state index in [4.69, 9.17) is 9.47 Å². The lowest BCUT2D eigenvalue weighted by Gasteiger charge is -2.49. The van der Waals surface area contributed by atoms with E-state index in [0.29, 0.717) is 5.75 Å². The molecule has 650 valence electrons. The van der Waals surface area contributed by atoms with E-state index in [9.17, 15) is 0 Å². The number of rotatable bonds is 14. The molecular weight excluding hydrogens is 1680 g/mol. The molecule has 6 heterocycles. The van der Waals surface area contributed by atoms with Gasteiger partial charge in [0.15, 0.2) is 0 Å². The maximum absolute atomic E-state index is 8.70. The lowest BCUT2D eigenvalue weighted by molar-refractivity contribution is 0.467. The van der Waals surface area contributed by atoms with Crippen molar-refractivity contribution >= 4 is 138 Å². The summed E-state index contributed by atoms with van der Waals surface area (Å²) in [4.78, 5) is 10.6. The molecule has 0 radical (unpaired) electrons. The maximum atomic E-state index is 8.70. The minimum atomic E-state index is -0.562. The van der Waals surface area contributed by atoms with Gasteiger partial charge in [-0.1, -0.05) is 433 Å². The van der Waals surface area contributed by atoms with E-state index in [1.165, 1.54) is 22.0 Å². The van der Waals surface area contributed by atoms with Crippen molar-refractivity contribution in [2.75, 3.05) is 19.6 Å². The quantitative estimate of drug-likeness (QED) is 0.101. The maximum Gasteiger partial charge on any atom is 0.263 e. The Kier molecular flexibility index (Phi) is 19.1. The van der Waals surface area contributed by atoms with E-state index >= 15 is 0 Å². The highest BCUT2D eigenvalue weighted by Crippen LogP contribution is 2.58. The lowest BCUT2D eigenvalue weighted by Crippen LogP contribution is -2.67. The van der Waals surface area contributed by atoms with Crippen molar-refractivity contribution in [3.05, 3.63) is 491 Å². The van der Waals surface area contributed by atoms with Crippen molar-refractivity contribution in [1.29, 1.82) is 0 Å². The first-order valence-corrected chi connectivity index (χ1v) is 48.3.